The van der Waals surface area contributed by atoms with Gasteiger partial charge in [-0.25, -0.2) is 0 Å². The molecule has 0 saturated carbocycles. The first kappa shape index (κ1) is 16.1. The molecular formula is C22H16N2O2. The average molecular weight is 340 g/mol. The van der Waals surface area contributed by atoms with Crippen molar-refractivity contribution in [1.82, 2.24) is 4.98 Å². The Morgan fingerprint density at radius 2 is 1.46 bits per heavy atom. The molecule has 0 N–H and O–H groups in total. The lowest BCUT2D eigenvalue weighted by atomic mass is 9.88. The number of carbonyl (C=O) groups is 2. The van der Waals surface area contributed by atoms with Crippen LogP contribution in [0.1, 0.15) is 33.5 Å². The Morgan fingerprint density at radius 3 is 2.19 bits per heavy atom. The van der Waals surface area contributed by atoms with E-state index in [4.69, 9.17) is 0 Å². The van der Waals surface area contributed by atoms with E-state index in [-0.39, 0.29) is 6.42 Å². The van der Waals surface area contributed by atoms with Gasteiger partial charge >= 0.3 is 0 Å². The molecule has 0 spiro atoms. The molecule has 0 atom stereocenters. The summed E-state index contributed by atoms with van der Waals surface area (Å²) >= 11 is 0. The highest BCUT2D eigenvalue weighted by Crippen LogP contribution is 2.23. The molecule has 0 bridgehead atoms. The van der Waals surface area contributed by atoms with Crippen molar-refractivity contribution >= 4 is 23.0 Å². The summed E-state index contributed by atoms with van der Waals surface area (Å²) in [6.45, 7) is 0. The van der Waals surface area contributed by atoms with Gasteiger partial charge in [0.1, 0.15) is 0 Å². The fraction of sp³-hybridized carbons (Fsp3) is 0.0909. The van der Waals surface area contributed by atoms with Crippen LogP contribution in [0, 0.1) is 0 Å². The van der Waals surface area contributed by atoms with E-state index in [0.29, 0.717) is 11.3 Å². The van der Waals surface area contributed by atoms with E-state index in [0.717, 1.165) is 17.7 Å². The summed E-state index contributed by atoms with van der Waals surface area (Å²) in [5.74, 6) is -0.830. The van der Waals surface area contributed by atoms with Crippen molar-refractivity contribution < 1.29 is 9.59 Å². The lowest BCUT2D eigenvalue weighted by Crippen LogP contribution is -2.27. The summed E-state index contributed by atoms with van der Waals surface area (Å²) in [5.41, 5.74) is 4.98. The first-order valence-corrected chi connectivity index (χ1v) is 8.43. The fourth-order valence-electron chi connectivity index (χ4n) is 3.09. The largest absolute Gasteiger partial charge is 0.290 e. The molecule has 0 unspecified atom stereocenters. The Morgan fingerprint density at radius 1 is 0.808 bits per heavy atom. The predicted molar refractivity (Wildman–Crippen MR) is 100 cm³/mol. The Kier molecular flexibility index (Phi) is 4.23. The molecule has 1 heterocycles. The van der Waals surface area contributed by atoms with Gasteiger partial charge in [-0.3, -0.25) is 19.6 Å². The molecule has 4 nitrogen and oxygen atoms in total. The first-order chi connectivity index (χ1) is 12.7. The number of rotatable bonds is 3. The van der Waals surface area contributed by atoms with Crippen molar-refractivity contribution in [3.8, 4) is 0 Å². The third kappa shape index (κ3) is 3.22. The van der Waals surface area contributed by atoms with Crippen LogP contribution in [0.2, 0.25) is 0 Å². The summed E-state index contributed by atoms with van der Waals surface area (Å²) < 4.78 is 0. The summed E-state index contributed by atoms with van der Waals surface area (Å²) in [6, 6.07) is 19.1. The number of aromatic nitrogens is 1. The van der Waals surface area contributed by atoms with Crippen LogP contribution < -0.4 is 0 Å². The molecule has 0 fully saturated rings. The number of hydrogen-bond donors (Lipinski definition) is 0. The molecule has 1 aliphatic carbocycles. The maximum Gasteiger partial charge on any atom is 0.229 e. The van der Waals surface area contributed by atoms with Crippen LogP contribution >= 0.6 is 0 Å². The van der Waals surface area contributed by atoms with Crippen molar-refractivity contribution in [2.24, 2.45) is 4.99 Å². The van der Waals surface area contributed by atoms with Gasteiger partial charge < -0.3 is 0 Å². The monoisotopic (exact) mass is 340 g/mol. The van der Waals surface area contributed by atoms with Crippen LogP contribution in [-0.4, -0.2) is 22.3 Å². The third-order valence-electron chi connectivity index (χ3n) is 4.42. The number of hydrogen-bond acceptors (Lipinski definition) is 4. The molecule has 0 aliphatic heterocycles. The molecular weight excluding hydrogens is 324 g/mol. The molecule has 0 radical (unpaired) electrons. The smallest absolute Gasteiger partial charge is 0.229 e. The average Bonchev–Trinajstić information content (AvgIpc) is 2.68. The fourth-order valence-corrected chi connectivity index (χ4v) is 3.09. The molecule has 26 heavy (non-hydrogen) atoms. The number of Topliss-reactive ketones (excluding diaryl/α,β-unsaturated/α-hetero) is 2. The van der Waals surface area contributed by atoms with E-state index in [1.54, 1.807) is 24.5 Å². The zero-order chi connectivity index (χ0) is 17.9. The highest BCUT2D eigenvalue weighted by molar-refractivity contribution is 6.51. The quantitative estimate of drug-likeness (QED) is 0.678. The number of pyridine rings is 1. The van der Waals surface area contributed by atoms with E-state index in [1.165, 1.54) is 11.1 Å². The van der Waals surface area contributed by atoms with Crippen molar-refractivity contribution in [2.45, 2.75) is 12.8 Å². The van der Waals surface area contributed by atoms with Crippen molar-refractivity contribution in [3.05, 3.63) is 95.3 Å². The second-order valence-corrected chi connectivity index (χ2v) is 6.23. The number of aliphatic imine (C=N–C) groups is 1. The van der Waals surface area contributed by atoms with Crippen molar-refractivity contribution in [2.75, 3.05) is 0 Å². The standard InChI is InChI=1S/C22H16N2O2/c25-21-14-20(18-3-1-2-4-19(18)22(21)26)24-17-7-5-15(6-8-17)13-16-9-11-23-12-10-16/h1-12H,13-14H2. The van der Waals surface area contributed by atoms with Gasteiger partial charge in [-0.2, -0.15) is 0 Å². The Bertz CT molecular complexity index is 1010. The van der Waals surface area contributed by atoms with E-state index < -0.39 is 11.6 Å². The molecule has 3 aromatic rings. The number of nitrogens with zero attached hydrogens (tertiary/aromatic N) is 2. The summed E-state index contributed by atoms with van der Waals surface area (Å²) in [7, 11) is 0. The van der Waals surface area contributed by atoms with E-state index in [2.05, 4.69) is 9.98 Å². The first-order valence-electron chi connectivity index (χ1n) is 8.43. The van der Waals surface area contributed by atoms with Gasteiger partial charge in [0, 0.05) is 23.5 Å². The maximum atomic E-state index is 12.0. The van der Waals surface area contributed by atoms with Gasteiger partial charge in [0.05, 0.1) is 17.8 Å². The molecule has 4 rings (SSSR count). The lowest BCUT2D eigenvalue weighted by Gasteiger charge is -2.15. The van der Waals surface area contributed by atoms with Crippen LogP contribution in [-0.2, 0) is 11.2 Å². The molecule has 2 aromatic carbocycles. The van der Waals surface area contributed by atoms with E-state index in [1.807, 2.05) is 48.5 Å². The highest BCUT2D eigenvalue weighted by Gasteiger charge is 2.28. The number of fused-ring (bicyclic) bond motifs is 1. The third-order valence-corrected chi connectivity index (χ3v) is 4.42. The van der Waals surface area contributed by atoms with Gasteiger partial charge in [-0.05, 0) is 41.8 Å². The minimum Gasteiger partial charge on any atom is -0.290 e. The highest BCUT2D eigenvalue weighted by atomic mass is 16.2. The molecule has 0 amide bonds. The molecule has 1 aromatic heterocycles. The molecule has 0 saturated heterocycles. The summed E-state index contributed by atoms with van der Waals surface area (Å²) in [4.78, 5) is 32.7. The van der Waals surface area contributed by atoms with Gasteiger partial charge in [-0.15, -0.1) is 0 Å². The Labute approximate surface area is 151 Å². The van der Waals surface area contributed by atoms with Crippen molar-refractivity contribution in [3.63, 3.8) is 0 Å². The van der Waals surface area contributed by atoms with Crippen molar-refractivity contribution in [1.29, 1.82) is 0 Å². The van der Waals surface area contributed by atoms with E-state index in [9.17, 15) is 9.59 Å². The predicted octanol–water partition coefficient (Wildman–Crippen LogP) is 3.95. The van der Waals surface area contributed by atoms with Gasteiger partial charge in [0.15, 0.2) is 0 Å². The van der Waals surface area contributed by atoms with Gasteiger partial charge in [-0.1, -0.05) is 36.4 Å². The maximum absolute atomic E-state index is 12.0. The van der Waals surface area contributed by atoms with Crippen LogP contribution in [0.15, 0.2) is 78.0 Å². The zero-order valence-corrected chi connectivity index (χ0v) is 14.1. The number of ketones is 2. The topological polar surface area (TPSA) is 59.4 Å². The SMILES string of the molecule is O=C1CC(=Nc2ccc(Cc3ccncc3)cc2)c2ccccc2C1=O. The summed E-state index contributed by atoms with van der Waals surface area (Å²) in [5, 5.41) is 0. The lowest BCUT2D eigenvalue weighted by molar-refractivity contribution is -0.114. The van der Waals surface area contributed by atoms with E-state index >= 15 is 0 Å². The Hall–Kier alpha value is -3.40. The molecule has 4 heteroatoms. The minimum atomic E-state index is -0.424. The van der Waals surface area contributed by atoms with Gasteiger partial charge in [0.2, 0.25) is 11.6 Å². The molecule has 126 valence electrons. The minimum absolute atomic E-state index is 0.0502. The van der Waals surface area contributed by atoms with Crippen LogP contribution in [0.3, 0.4) is 0 Å². The zero-order valence-electron chi connectivity index (χ0n) is 14.1. The number of carbonyl (C=O) groups excluding carboxylic acids is 2. The van der Waals surface area contributed by atoms with Crippen LogP contribution in [0.25, 0.3) is 0 Å². The second kappa shape index (κ2) is 6.84. The van der Waals surface area contributed by atoms with Crippen LogP contribution in [0.4, 0.5) is 5.69 Å². The number of benzene rings is 2. The van der Waals surface area contributed by atoms with Crippen LogP contribution in [0.5, 0.6) is 0 Å². The Balaban J connectivity index is 1.61. The summed E-state index contributed by atoms with van der Waals surface area (Å²) in [6.07, 6.45) is 4.45. The second-order valence-electron chi connectivity index (χ2n) is 6.23. The molecule has 1 aliphatic rings. The van der Waals surface area contributed by atoms with Gasteiger partial charge in [0.25, 0.3) is 0 Å². The normalized spacial score (nSPS) is 15.2.